The number of piperazine rings is 1. The van der Waals surface area contributed by atoms with Gasteiger partial charge in [0.1, 0.15) is 11.9 Å². The summed E-state index contributed by atoms with van der Waals surface area (Å²) >= 11 is 0. The molecular weight excluding hydrogens is 328 g/mol. The Morgan fingerprint density at radius 2 is 1.69 bits per heavy atom. The van der Waals surface area contributed by atoms with E-state index in [1.807, 2.05) is 53.4 Å². The van der Waals surface area contributed by atoms with Crippen molar-refractivity contribution in [1.82, 2.24) is 4.90 Å². The highest BCUT2D eigenvalue weighted by atomic mass is 16.5. The second-order valence-electron chi connectivity index (χ2n) is 6.70. The second-order valence-corrected chi connectivity index (χ2v) is 6.70. The molecule has 2 heterocycles. The first kappa shape index (κ1) is 16.9. The van der Waals surface area contributed by atoms with Crippen molar-refractivity contribution in [3.63, 3.8) is 0 Å². The van der Waals surface area contributed by atoms with Gasteiger partial charge in [0.05, 0.1) is 5.69 Å². The van der Waals surface area contributed by atoms with Gasteiger partial charge in [0.15, 0.2) is 5.75 Å². The summed E-state index contributed by atoms with van der Waals surface area (Å²) in [6.07, 6.45) is 1.61. The summed E-state index contributed by atoms with van der Waals surface area (Å²) < 4.78 is 11.6. The number of amides is 1. The summed E-state index contributed by atoms with van der Waals surface area (Å²) in [5.74, 6) is 1.82. The summed E-state index contributed by atoms with van der Waals surface area (Å²) in [6, 6.07) is 17.9. The molecule has 2 aromatic rings. The zero-order valence-corrected chi connectivity index (χ0v) is 14.8. The van der Waals surface area contributed by atoms with E-state index in [0.717, 1.165) is 56.2 Å². The van der Waals surface area contributed by atoms with Gasteiger partial charge in [-0.3, -0.25) is 4.79 Å². The number of ether oxygens (including phenoxy) is 2. The number of para-hydroxylation sites is 3. The van der Waals surface area contributed by atoms with Crippen LogP contribution in [-0.2, 0) is 9.53 Å². The zero-order chi connectivity index (χ0) is 17.8. The van der Waals surface area contributed by atoms with Gasteiger partial charge in [-0.1, -0.05) is 30.3 Å². The lowest BCUT2D eigenvalue weighted by Gasteiger charge is -2.37. The molecule has 0 aromatic heterocycles. The molecule has 0 radical (unpaired) electrons. The molecule has 5 nitrogen and oxygen atoms in total. The Labute approximate surface area is 154 Å². The molecule has 1 amide bonds. The Morgan fingerprint density at radius 3 is 2.42 bits per heavy atom. The van der Waals surface area contributed by atoms with Crippen LogP contribution in [0.15, 0.2) is 54.6 Å². The summed E-state index contributed by atoms with van der Waals surface area (Å²) in [4.78, 5) is 16.7. The number of hydrogen-bond donors (Lipinski definition) is 0. The highest BCUT2D eigenvalue weighted by molar-refractivity contribution is 5.81. The predicted molar refractivity (Wildman–Crippen MR) is 101 cm³/mol. The first-order valence-corrected chi connectivity index (χ1v) is 9.28. The summed E-state index contributed by atoms with van der Waals surface area (Å²) in [5.41, 5.74) is 1.07. The van der Waals surface area contributed by atoms with Crippen LogP contribution < -0.4 is 9.64 Å². The molecule has 1 atom stereocenters. The minimum absolute atomic E-state index is 0.149. The maximum Gasteiger partial charge on any atom is 0.251 e. The maximum absolute atomic E-state index is 12.5. The van der Waals surface area contributed by atoms with E-state index in [9.17, 15) is 4.79 Å². The minimum Gasteiger partial charge on any atom is -0.455 e. The fourth-order valence-corrected chi connectivity index (χ4v) is 3.56. The Kier molecular flexibility index (Phi) is 5.07. The van der Waals surface area contributed by atoms with Gasteiger partial charge in [-0.25, -0.2) is 0 Å². The molecule has 2 fully saturated rings. The zero-order valence-electron chi connectivity index (χ0n) is 14.8. The van der Waals surface area contributed by atoms with Crippen molar-refractivity contribution in [2.45, 2.75) is 18.9 Å². The normalized spacial score (nSPS) is 20.2. The topological polar surface area (TPSA) is 42.0 Å². The van der Waals surface area contributed by atoms with Crippen LogP contribution in [0.3, 0.4) is 0 Å². The second kappa shape index (κ2) is 7.79. The van der Waals surface area contributed by atoms with Crippen molar-refractivity contribution in [1.29, 1.82) is 0 Å². The molecule has 0 saturated carbocycles. The van der Waals surface area contributed by atoms with Crippen LogP contribution in [-0.4, -0.2) is 49.7 Å². The number of carbonyl (C=O) groups is 1. The van der Waals surface area contributed by atoms with Crippen LogP contribution >= 0.6 is 0 Å². The summed E-state index contributed by atoms with van der Waals surface area (Å²) in [7, 11) is 0. The van der Waals surface area contributed by atoms with Crippen LogP contribution in [0.5, 0.6) is 11.5 Å². The Balaban J connectivity index is 1.42. The molecule has 2 aromatic carbocycles. The highest BCUT2D eigenvalue weighted by Crippen LogP contribution is 2.32. The van der Waals surface area contributed by atoms with Crippen LogP contribution in [0.2, 0.25) is 0 Å². The molecular formula is C21H24N2O3. The Hall–Kier alpha value is -2.53. The molecule has 0 aliphatic carbocycles. The van der Waals surface area contributed by atoms with Gasteiger partial charge < -0.3 is 19.3 Å². The van der Waals surface area contributed by atoms with E-state index in [0.29, 0.717) is 6.61 Å². The average Bonchev–Trinajstić information content (AvgIpc) is 3.24. The van der Waals surface area contributed by atoms with E-state index in [-0.39, 0.29) is 12.0 Å². The van der Waals surface area contributed by atoms with E-state index in [1.165, 1.54) is 0 Å². The number of nitrogens with zero attached hydrogens (tertiary/aromatic N) is 2. The lowest BCUT2D eigenvalue weighted by molar-refractivity contribution is -0.141. The number of rotatable bonds is 4. The van der Waals surface area contributed by atoms with Crippen molar-refractivity contribution < 1.29 is 14.3 Å². The molecule has 4 rings (SSSR count). The van der Waals surface area contributed by atoms with E-state index in [4.69, 9.17) is 9.47 Å². The molecule has 0 spiro atoms. The fraction of sp³-hybridized carbons (Fsp3) is 0.381. The quantitative estimate of drug-likeness (QED) is 0.847. The van der Waals surface area contributed by atoms with Crippen molar-refractivity contribution in [2.75, 3.05) is 37.7 Å². The van der Waals surface area contributed by atoms with Gasteiger partial charge in [-0.05, 0) is 37.1 Å². The number of anilines is 1. The van der Waals surface area contributed by atoms with Gasteiger partial charge in [-0.2, -0.15) is 0 Å². The molecule has 2 aliphatic heterocycles. The van der Waals surface area contributed by atoms with Crippen LogP contribution in [0, 0.1) is 0 Å². The van der Waals surface area contributed by atoms with E-state index in [2.05, 4.69) is 11.0 Å². The molecule has 0 N–H and O–H groups in total. The van der Waals surface area contributed by atoms with Gasteiger partial charge in [0.25, 0.3) is 5.91 Å². The van der Waals surface area contributed by atoms with E-state index < -0.39 is 0 Å². The molecule has 2 aliphatic rings. The smallest absolute Gasteiger partial charge is 0.251 e. The number of carbonyl (C=O) groups excluding carboxylic acids is 1. The third-order valence-electron chi connectivity index (χ3n) is 4.97. The lowest BCUT2D eigenvalue weighted by atomic mass is 10.2. The minimum atomic E-state index is -0.227. The van der Waals surface area contributed by atoms with E-state index in [1.54, 1.807) is 0 Å². The van der Waals surface area contributed by atoms with Gasteiger partial charge in [0, 0.05) is 32.8 Å². The standard InChI is InChI=1S/C21H24N2O3/c24-21(20-11-6-16-25-20)23-14-12-22(13-15-23)18-9-4-5-10-19(18)26-17-7-2-1-3-8-17/h1-5,7-10,20H,6,11-16H2. The lowest BCUT2D eigenvalue weighted by Crippen LogP contribution is -2.51. The highest BCUT2D eigenvalue weighted by Gasteiger charge is 2.30. The first-order chi connectivity index (χ1) is 12.8. The first-order valence-electron chi connectivity index (χ1n) is 9.28. The predicted octanol–water partition coefficient (Wildman–Crippen LogP) is 3.31. The SMILES string of the molecule is O=C(C1CCCO1)N1CCN(c2ccccc2Oc2ccccc2)CC1. The third kappa shape index (κ3) is 3.68. The van der Waals surface area contributed by atoms with Crippen molar-refractivity contribution in [3.8, 4) is 11.5 Å². The third-order valence-corrected chi connectivity index (χ3v) is 4.97. The molecule has 2 saturated heterocycles. The van der Waals surface area contributed by atoms with E-state index >= 15 is 0 Å². The van der Waals surface area contributed by atoms with Crippen LogP contribution in [0.4, 0.5) is 5.69 Å². The fourth-order valence-electron chi connectivity index (χ4n) is 3.56. The van der Waals surface area contributed by atoms with Crippen molar-refractivity contribution >= 4 is 11.6 Å². The summed E-state index contributed by atoms with van der Waals surface area (Å²) in [5, 5.41) is 0. The largest absolute Gasteiger partial charge is 0.455 e. The van der Waals surface area contributed by atoms with Crippen molar-refractivity contribution in [2.24, 2.45) is 0 Å². The number of benzene rings is 2. The Morgan fingerprint density at radius 1 is 0.962 bits per heavy atom. The monoisotopic (exact) mass is 352 g/mol. The molecule has 26 heavy (non-hydrogen) atoms. The molecule has 0 bridgehead atoms. The Bertz CT molecular complexity index is 736. The van der Waals surface area contributed by atoms with Gasteiger partial charge in [0.2, 0.25) is 0 Å². The van der Waals surface area contributed by atoms with Crippen LogP contribution in [0.1, 0.15) is 12.8 Å². The van der Waals surface area contributed by atoms with Crippen LogP contribution in [0.25, 0.3) is 0 Å². The average molecular weight is 352 g/mol. The van der Waals surface area contributed by atoms with Crippen molar-refractivity contribution in [3.05, 3.63) is 54.6 Å². The molecule has 5 heteroatoms. The van der Waals surface area contributed by atoms with Gasteiger partial charge in [-0.15, -0.1) is 0 Å². The molecule has 1 unspecified atom stereocenters. The molecule has 136 valence electrons. The summed E-state index contributed by atoms with van der Waals surface area (Å²) in [6.45, 7) is 3.75. The van der Waals surface area contributed by atoms with Gasteiger partial charge >= 0.3 is 0 Å². The maximum atomic E-state index is 12.5. The number of hydrogen-bond acceptors (Lipinski definition) is 4.